The number of nitrogens with one attached hydrogen (secondary N) is 1. The van der Waals surface area contributed by atoms with Gasteiger partial charge in [0.15, 0.2) is 0 Å². The number of anilines is 1. The molecule has 3 aromatic rings. The van der Waals surface area contributed by atoms with Crippen LogP contribution in [0.2, 0.25) is 0 Å². The molecule has 2 aromatic carbocycles. The molecule has 3 fully saturated rings. The molecule has 4 aliphatic rings. The van der Waals surface area contributed by atoms with E-state index in [-0.39, 0.29) is 41.1 Å². The van der Waals surface area contributed by atoms with Crippen LogP contribution in [0.1, 0.15) is 95.8 Å². The van der Waals surface area contributed by atoms with E-state index in [1.165, 1.54) is 11.0 Å². The van der Waals surface area contributed by atoms with E-state index in [9.17, 15) is 18.0 Å². The first-order valence-corrected chi connectivity index (χ1v) is 14.9. The van der Waals surface area contributed by atoms with Crippen molar-refractivity contribution in [1.82, 2.24) is 20.1 Å². The van der Waals surface area contributed by atoms with E-state index in [1.807, 2.05) is 29.8 Å². The van der Waals surface area contributed by atoms with Crippen LogP contribution >= 0.6 is 0 Å². The number of ether oxygens (including phenoxy) is 1. The zero-order valence-corrected chi connectivity index (χ0v) is 24.0. The van der Waals surface area contributed by atoms with Crippen LogP contribution in [0.25, 0.3) is 0 Å². The number of fused-ring (bicyclic) bond motifs is 1. The summed E-state index contributed by atoms with van der Waals surface area (Å²) < 4.78 is 51.0. The number of hydrogen-bond acceptors (Lipinski definition) is 5. The lowest BCUT2D eigenvalue weighted by Gasteiger charge is -2.43. The van der Waals surface area contributed by atoms with E-state index in [1.54, 1.807) is 18.5 Å². The maximum Gasteiger partial charge on any atom is 0.416 e. The molecule has 1 N–H and O–H groups in total. The van der Waals surface area contributed by atoms with Crippen LogP contribution in [0.3, 0.4) is 0 Å². The Kier molecular flexibility index (Phi) is 6.69. The van der Waals surface area contributed by atoms with Gasteiger partial charge in [0.25, 0.3) is 5.91 Å². The van der Waals surface area contributed by atoms with Gasteiger partial charge in [-0.3, -0.25) is 4.79 Å². The Morgan fingerprint density at radius 2 is 1.93 bits per heavy atom. The molecular weight excluding hydrogens is 543 g/mol. The monoisotopic (exact) mass is 579 g/mol. The SMILES string of the molecule is Cn1cnnc1[C@@H](c1cccc(N2Cc3c(cc([C@@H](CC4CC4)NC4(C)CCC4)cc3C(F)(F)F)C2=O)c1)C1COC1. The van der Waals surface area contributed by atoms with Crippen LogP contribution in [0.4, 0.5) is 18.9 Å². The summed E-state index contributed by atoms with van der Waals surface area (Å²) in [5.74, 6) is 1.01. The largest absolute Gasteiger partial charge is 0.416 e. The molecule has 1 amide bonds. The number of aromatic nitrogens is 3. The Morgan fingerprint density at radius 3 is 2.52 bits per heavy atom. The lowest BCUT2D eigenvalue weighted by molar-refractivity contribution is -0.138. The molecule has 0 unspecified atom stereocenters. The minimum absolute atomic E-state index is 0.0546. The third kappa shape index (κ3) is 5.02. The van der Waals surface area contributed by atoms with Crippen molar-refractivity contribution in [1.29, 1.82) is 0 Å². The first-order valence-electron chi connectivity index (χ1n) is 14.9. The predicted octanol–water partition coefficient (Wildman–Crippen LogP) is 6.15. The minimum atomic E-state index is -4.57. The van der Waals surface area contributed by atoms with E-state index in [0.717, 1.165) is 49.9 Å². The Labute approximate surface area is 243 Å². The van der Waals surface area contributed by atoms with Crippen LogP contribution in [-0.4, -0.2) is 39.4 Å². The fraction of sp³-hybridized carbons (Fsp3) is 0.531. The van der Waals surface area contributed by atoms with Gasteiger partial charge < -0.3 is 19.5 Å². The van der Waals surface area contributed by atoms with Crippen molar-refractivity contribution < 1.29 is 22.7 Å². The highest BCUT2D eigenvalue weighted by molar-refractivity contribution is 6.10. The van der Waals surface area contributed by atoms with Crippen molar-refractivity contribution in [2.75, 3.05) is 18.1 Å². The number of alkyl halides is 3. The fourth-order valence-electron chi connectivity index (χ4n) is 6.87. The zero-order chi connectivity index (χ0) is 29.2. The zero-order valence-electron chi connectivity index (χ0n) is 24.0. The Balaban J connectivity index is 1.24. The van der Waals surface area contributed by atoms with Gasteiger partial charge in [-0.2, -0.15) is 13.2 Å². The van der Waals surface area contributed by atoms with E-state index in [2.05, 4.69) is 22.4 Å². The molecule has 7 nitrogen and oxygen atoms in total. The average Bonchev–Trinajstić information content (AvgIpc) is 3.54. The van der Waals surface area contributed by atoms with Gasteiger partial charge in [-0.15, -0.1) is 10.2 Å². The molecule has 3 heterocycles. The van der Waals surface area contributed by atoms with Crippen LogP contribution in [0, 0.1) is 11.8 Å². The molecule has 1 aromatic heterocycles. The van der Waals surface area contributed by atoms with Crippen LogP contribution in [0.5, 0.6) is 0 Å². The summed E-state index contributed by atoms with van der Waals surface area (Å²) in [6, 6.07) is 10.3. The van der Waals surface area contributed by atoms with E-state index in [0.29, 0.717) is 30.4 Å². The van der Waals surface area contributed by atoms with E-state index in [4.69, 9.17) is 4.74 Å². The quantitative estimate of drug-likeness (QED) is 0.330. The third-order valence-electron chi connectivity index (χ3n) is 9.72. The molecule has 222 valence electrons. The molecule has 42 heavy (non-hydrogen) atoms. The highest BCUT2D eigenvalue weighted by Gasteiger charge is 2.43. The molecule has 0 bridgehead atoms. The number of halogens is 3. The number of aryl methyl sites for hydroxylation is 1. The van der Waals surface area contributed by atoms with Crippen molar-refractivity contribution in [2.45, 2.75) is 75.7 Å². The minimum Gasteiger partial charge on any atom is -0.381 e. The molecule has 0 radical (unpaired) electrons. The topological polar surface area (TPSA) is 72.3 Å². The molecule has 0 spiro atoms. The van der Waals surface area contributed by atoms with Crippen molar-refractivity contribution in [3.05, 3.63) is 76.4 Å². The molecule has 2 saturated carbocycles. The first kappa shape index (κ1) is 27.6. The van der Waals surface area contributed by atoms with Gasteiger partial charge in [-0.1, -0.05) is 25.0 Å². The Hall–Kier alpha value is -3.24. The van der Waals surface area contributed by atoms with Crippen molar-refractivity contribution in [3.8, 4) is 0 Å². The van der Waals surface area contributed by atoms with E-state index >= 15 is 0 Å². The lowest BCUT2D eigenvalue weighted by atomic mass is 9.77. The number of benzene rings is 2. The normalized spacial score (nSPS) is 21.5. The number of carbonyl (C=O) groups is 1. The third-order valence-corrected chi connectivity index (χ3v) is 9.72. The Bertz CT molecular complexity index is 1510. The summed E-state index contributed by atoms with van der Waals surface area (Å²) in [6.45, 7) is 3.20. The molecular formula is C32H36F3N5O2. The Morgan fingerprint density at radius 1 is 1.14 bits per heavy atom. The number of hydrogen-bond donors (Lipinski definition) is 1. The molecule has 10 heteroatoms. The van der Waals surface area contributed by atoms with Crippen molar-refractivity contribution in [3.63, 3.8) is 0 Å². The second kappa shape index (κ2) is 10.2. The summed E-state index contributed by atoms with van der Waals surface area (Å²) in [7, 11) is 1.89. The molecule has 7 rings (SSSR count). The maximum atomic E-state index is 14.6. The number of amides is 1. The highest BCUT2D eigenvalue weighted by atomic mass is 19.4. The van der Waals surface area contributed by atoms with Crippen molar-refractivity contribution in [2.24, 2.45) is 18.9 Å². The van der Waals surface area contributed by atoms with Gasteiger partial charge in [-0.05, 0) is 79.5 Å². The average molecular weight is 580 g/mol. The maximum absolute atomic E-state index is 14.6. The van der Waals surface area contributed by atoms with Crippen LogP contribution in [-0.2, 0) is 24.5 Å². The predicted molar refractivity (Wildman–Crippen MR) is 151 cm³/mol. The molecule has 2 aliphatic heterocycles. The van der Waals surface area contributed by atoms with Crippen LogP contribution in [0.15, 0.2) is 42.7 Å². The lowest BCUT2D eigenvalue weighted by Crippen LogP contribution is -2.49. The number of carbonyl (C=O) groups excluding carboxylic acids is 1. The molecule has 2 aliphatic carbocycles. The van der Waals surface area contributed by atoms with Gasteiger partial charge in [-0.25, -0.2) is 0 Å². The molecule has 1 saturated heterocycles. The number of nitrogens with zero attached hydrogens (tertiary/aromatic N) is 4. The summed E-state index contributed by atoms with van der Waals surface area (Å²) in [4.78, 5) is 15.4. The van der Waals surface area contributed by atoms with Gasteiger partial charge in [0.1, 0.15) is 12.2 Å². The fourth-order valence-corrected chi connectivity index (χ4v) is 6.87. The first-order chi connectivity index (χ1) is 20.1. The van der Waals surface area contributed by atoms with Crippen molar-refractivity contribution >= 4 is 11.6 Å². The van der Waals surface area contributed by atoms with Gasteiger partial charge in [0.05, 0.1) is 31.2 Å². The summed E-state index contributed by atoms with van der Waals surface area (Å²) in [5, 5.41) is 12.1. The second-order valence-electron chi connectivity index (χ2n) is 12.9. The highest BCUT2D eigenvalue weighted by Crippen LogP contribution is 2.45. The van der Waals surface area contributed by atoms with Gasteiger partial charge in [0, 0.05) is 35.8 Å². The summed E-state index contributed by atoms with van der Waals surface area (Å²) >= 11 is 0. The van der Waals surface area contributed by atoms with Gasteiger partial charge in [0.2, 0.25) is 0 Å². The van der Waals surface area contributed by atoms with E-state index < -0.39 is 17.6 Å². The van der Waals surface area contributed by atoms with Crippen LogP contribution < -0.4 is 10.2 Å². The second-order valence-corrected chi connectivity index (χ2v) is 12.9. The summed E-state index contributed by atoms with van der Waals surface area (Å²) in [5.41, 5.74) is 1.51. The molecule has 2 atom stereocenters. The standard InChI is InChI=1S/C32H36F3N5O2/c1-31(9-4-10-31)37-27(11-19-7-8-19)21-13-24-25(26(14-21)32(33,34)35)15-40(30(24)41)23-6-3-5-20(12-23)28(22-16-42-17-22)29-38-36-18-39(29)2/h3,5-6,12-14,18-19,22,27-28,37H,4,7-11,15-17H2,1-2H3/t27-,28+/m1/s1. The number of rotatable bonds is 9. The van der Waals surface area contributed by atoms with Gasteiger partial charge >= 0.3 is 6.18 Å². The summed E-state index contributed by atoms with van der Waals surface area (Å²) in [6.07, 6.45) is 3.24. The smallest absolute Gasteiger partial charge is 0.381 e.